The molecule has 1 fully saturated rings. The molecule has 1 aromatic heterocycles. The average molecular weight is 439 g/mol. The summed E-state index contributed by atoms with van der Waals surface area (Å²) in [5.74, 6) is -0.764. The van der Waals surface area contributed by atoms with E-state index in [-0.39, 0.29) is 5.57 Å². The molecule has 1 amide bonds. The minimum Gasteiger partial charge on any atom is -0.872 e. The van der Waals surface area contributed by atoms with E-state index in [4.69, 9.17) is 9.47 Å². The van der Waals surface area contributed by atoms with Crippen LogP contribution in [0.1, 0.15) is 43.0 Å². The van der Waals surface area contributed by atoms with Crippen molar-refractivity contribution < 1.29 is 29.2 Å². The number of aromatic amines is 1. The lowest BCUT2D eigenvalue weighted by atomic mass is 9.95. The first-order valence-electron chi connectivity index (χ1n) is 10.8. The van der Waals surface area contributed by atoms with Crippen LogP contribution >= 0.6 is 0 Å². The maximum absolute atomic E-state index is 13.5. The first kappa shape index (κ1) is 23.5. The number of rotatable bonds is 9. The van der Waals surface area contributed by atoms with Gasteiger partial charge >= 0.3 is 0 Å². The number of ether oxygens (including phenoxy) is 2. The number of hydrogen-bond acceptors (Lipinski definition) is 5. The number of carbonyl (C=O) groups is 2. The van der Waals surface area contributed by atoms with E-state index in [1.165, 1.54) is 4.90 Å². The maximum Gasteiger partial charge on any atom is 0.295 e. The third-order valence-corrected chi connectivity index (χ3v) is 5.35. The number of Topliss-reactive ketones (excluding diaryl/α,β-unsaturated/α-hetero) is 1. The van der Waals surface area contributed by atoms with Gasteiger partial charge in [-0.2, -0.15) is 0 Å². The fraction of sp³-hybridized carbons (Fsp3) is 0.400. The molecule has 32 heavy (non-hydrogen) atoms. The second-order valence-corrected chi connectivity index (χ2v) is 8.34. The Kier molecular flexibility index (Phi) is 7.64. The molecule has 0 aliphatic carbocycles. The van der Waals surface area contributed by atoms with Crippen LogP contribution in [0.25, 0.3) is 5.76 Å². The zero-order chi connectivity index (χ0) is 23.3. The van der Waals surface area contributed by atoms with Gasteiger partial charge in [0.1, 0.15) is 5.75 Å². The summed E-state index contributed by atoms with van der Waals surface area (Å²) in [6, 6.07) is 7.94. The second kappa shape index (κ2) is 10.4. The van der Waals surface area contributed by atoms with Crippen LogP contribution in [0, 0.1) is 12.8 Å². The van der Waals surface area contributed by atoms with Gasteiger partial charge in [0, 0.05) is 38.0 Å². The highest BCUT2D eigenvalue weighted by Gasteiger charge is 2.44. The van der Waals surface area contributed by atoms with Crippen molar-refractivity contribution in [1.82, 2.24) is 4.90 Å². The number of benzene rings is 1. The predicted molar refractivity (Wildman–Crippen MR) is 117 cm³/mol. The van der Waals surface area contributed by atoms with Gasteiger partial charge in [-0.25, -0.2) is 4.98 Å². The summed E-state index contributed by atoms with van der Waals surface area (Å²) in [4.78, 5) is 30.2. The van der Waals surface area contributed by atoms with Crippen molar-refractivity contribution in [2.24, 2.45) is 5.92 Å². The van der Waals surface area contributed by atoms with Gasteiger partial charge in [0.2, 0.25) is 5.78 Å². The Morgan fingerprint density at radius 1 is 1.19 bits per heavy atom. The van der Waals surface area contributed by atoms with E-state index >= 15 is 0 Å². The first-order chi connectivity index (χ1) is 15.3. The molecule has 1 saturated heterocycles. The van der Waals surface area contributed by atoms with Crippen LogP contribution in [0.4, 0.5) is 0 Å². The van der Waals surface area contributed by atoms with Crippen LogP contribution in [0.3, 0.4) is 0 Å². The molecule has 1 aliphatic heterocycles. The van der Waals surface area contributed by atoms with Crippen molar-refractivity contribution >= 4 is 17.4 Å². The number of methoxy groups -OCH3 is 1. The predicted octanol–water partition coefficient (Wildman–Crippen LogP) is 2.10. The standard InChI is InChI=1S/C25H30N2O5/c1-16(2)15-32-20-7-6-19(14-17(20)3)23(28)21-22(18-8-10-26-11-9-18)27(12-5-13-31-4)25(30)24(21)29/h6-11,14,16,22,28H,5,12-13,15H2,1-4H3/b23-21+. The van der Waals surface area contributed by atoms with Gasteiger partial charge in [-0.15, -0.1) is 0 Å². The Labute approximate surface area is 188 Å². The lowest BCUT2D eigenvalue weighted by Crippen LogP contribution is -2.31. The van der Waals surface area contributed by atoms with Crippen molar-refractivity contribution in [3.8, 4) is 5.75 Å². The van der Waals surface area contributed by atoms with Gasteiger partial charge in [-0.3, -0.25) is 9.59 Å². The maximum atomic E-state index is 13.5. The van der Waals surface area contributed by atoms with Crippen LogP contribution < -0.4 is 14.8 Å². The minimum atomic E-state index is -0.747. The van der Waals surface area contributed by atoms with E-state index < -0.39 is 23.5 Å². The van der Waals surface area contributed by atoms with Crippen molar-refractivity contribution in [2.45, 2.75) is 33.2 Å². The van der Waals surface area contributed by atoms with Gasteiger partial charge in [0.15, 0.2) is 12.4 Å². The molecule has 7 nitrogen and oxygen atoms in total. The summed E-state index contributed by atoms with van der Waals surface area (Å²) in [6.07, 6.45) is 3.99. The number of pyridine rings is 1. The number of aromatic nitrogens is 1. The van der Waals surface area contributed by atoms with Crippen LogP contribution in [-0.4, -0.2) is 43.5 Å². The van der Waals surface area contributed by atoms with Crippen LogP contribution in [0.15, 0.2) is 48.3 Å². The van der Waals surface area contributed by atoms with Crippen molar-refractivity contribution in [3.05, 3.63) is 65.0 Å². The number of ketones is 1. The van der Waals surface area contributed by atoms with E-state index in [0.717, 1.165) is 5.56 Å². The number of carbonyl (C=O) groups excluding carboxylic acids is 2. The second-order valence-electron chi connectivity index (χ2n) is 8.34. The summed E-state index contributed by atoms with van der Waals surface area (Å²) in [5.41, 5.74) is 1.85. The number of hydrogen-bond donors (Lipinski definition) is 0. The summed E-state index contributed by atoms with van der Waals surface area (Å²) >= 11 is 0. The number of amides is 1. The third kappa shape index (κ3) is 4.99. The first-order valence-corrected chi connectivity index (χ1v) is 10.8. The van der Waals surface area contributed by atoms with E-state index in [1.807, 2.05) is 6.92 Å². The van der Waals surface area contributed by atoms with E-state index in [2.05, 4.69) is 18.8 Å². The van der Waals surface area contributed by atoms with Crippen LogP contribution in [0.5, 0.6) is 5.75 Å². The smallest absolute Gasteiger partial charge is 0.295 e. The van der Waals surface area contributed by atoms with Crippen molar-refractivity contribution in [1.29, 1.82) is 0 Å². The Morgan fingerprint density at radius 2 is 1.91 bits per heavy atom. The summed E-state index contributed by atoms with van der Waals surface area (Å²) in [6.45, 7) is 7.33. The molecular weight excluding hydrogens is 408 g/mol. The molecule has 3 rings (SSSR count). The Hall–Kier alpha value is -3.19. The van der Waals surface area contributed by atoms with Gasteiger partial charge < -0.3 is 19.5 Å². The normalized spacial score (nSPS) is 17.9. The van der Waals surface area contributed by atoms with E-state index in [1.54, 1.807) is 49.8 Å². The summed E-state index contributed by atoms with van der Waals surface area (Å²) < 4.78 is 10.9. The molecule has 1 atom stereocenters. The van der Waals surface area contributed by atoms with Crippen molar-refractivity contribution in [3.63, 3.8) is 0 Å². The molecule has 2 heterocycles. The average Bonchev–Trinajstić information content (AvgIpc) is 3.03. The highest BCUT2D eigenvalue weighted by atomic mass is 16.5. The fourth-order valence-corrected chi connectivity index (χ4v) is 3.77. The van der Waals surface area contributed by atoms with Crippen LogP contribution in [0.2, 0.25) is 0 Å². The zero-order valence-corrected chi connectivity index (χ0v) is 19.0. The molecule has 1 N–H and O–H groups in total. The molecule has 7 heteroatoms. The van der Waals surface area contributed by atoms with Gasteiger partial charge in [-0.1, -0.05) is 25.7 Å². The molecule has 1 aliphatic rings. The molecule has 1 aromatic carbocycles. The van der Waals surface area contributed by atoms with Gasteiger partial charge in [0.05, 0.1) is 12.6 Å². The molecule has 0 radical (unpaired) electrons. The molecule has 0 bridgehead atoms. The number of H-pyrrole nitrogens is 1. The van der Waals surface area contributed by atoms with Crippen LogP contribution in [-0.2, 0) is 14.3 Å². The minimum absolute atomic E-state index is 0.0196. The molecule has 1 unspecified atom stereocenters. The van der Waals surface area contributed by atoms with E-state index in [9.17, 15) is 14.7 Å². The lowest BCUT2D eigenvalue weighted by molar-refractivity contribution is -0.378. The molecule has 0 saturated carbocycles. The lowest BCUT2D eigenvalue weighted by Gasteiger charge is -2.27. The van der Waals surface area contributed by atoms with Gasteiger partial charge in [0.25, 0.3) is 5.91 Å². The Balaban J connectivity index is 2.03. The van der Waals surface area contributed by atoms with Gasteiger partial charge in [-0.05, 0) is 48.1 Å². The molecular formula is C25H30N2O5. The summed E-state index contributed by atoms with van der Waals surface area (Å²) in [7, 11) is 1.58. The largest absolute Gasteiger partial charge is 0.872 e. The Morgan fingerprint density at radius 3 is 2.53 bits per heavy atom. The topological polar surface area (TPSA) is 93.0 Å². The molecule has 0 spiro atoms. The third-order valence-electron chi connectivity index (χ3n) is 5.35. The quantitative estimate of drug-likeness (QED) is 0.259. The SMILES string of the molecule is COCCCN1C(=O)C(=O)/C(=C(/[O-])c2ccc(OCC(C)C)c(C)c2)C1c1cc[nH+]cc1. The highest BCUT2D eigenvalue weighted by molar-refractivity contribution is 6.46. The number of likely N-dealkylation sites (tertiary alicyclic amines) is 1. The molecule has 170 valence electrons. The number of nitrogens with one attached hydrogen (secondary N) is 1. The summed E-state index contributed by atoms with van der Waals surface area (Å²) in [5, 5.41) is 13.5. The number of nitrogens with zero attached hydrogens (tertiary/aromatic N) is 1. The Bertz CT molecular complexity index is 1000. The monoisotopic (exact) mass is 438 g/mol. The highest BCUT2D eigenvalue weighted by Crippen LogP contribution is 2.38. The van der Waals surface area contributed by atoms with E-state index in [0.29, 0.717) is 49.0 Å². The molecule has 2 aromatic rings. The number of aryl methyl sites for hydroxylation is 1. The zero-order valence-electron chi connectivity index (χ0n) is 19.0. The van der Waals surface area contributed by atoms with Crippen molar-refractivity contribution in [2.75, 3.05) is 26.9 Å². The fourth-order valence-electron chi connectivity index (χ4n) is 3.77.